The molecule has 2 aliphatic rings. The van der Waals surface area contributed by atoms with E-state index in [9.17, 15) is 0 Å². The van der Waals surface area contributed by atoms with Crippen LogP contribution in [0.3, 0.4) is 0 Å². The van der Waals surface area contributed by atoms with E-state index in [0.29, 0.717) is 0 Å². The predicted octanol–water partition coefficient (Wildman–Crippen LogP) is 2.95. The van der Waals surface area contributed by atoms with Gasteiger partial charge in [-0.2, -0.15) is 0 Å². The van der Waals surface area contributed by atoms with E-state index < -0.39 is 0 Å². The van der Waals surface area contributed by atoms with Crippen LogP contribution in [-0.4, -0.2) is 35.1 Å². The van der Waals surface area contributed by atoms with Gasteiger partial charge in [-0.3, -0.25) is 9.88 Å². The largest absolute Gasteiger partial charge is 0.312 e. The van der Waals surface area contributed by atoms with Gasteiger partial charge in [-0.15, -0.1) is 0 Å². The van der Waals surface area contributed by atoms with Gasteiger partial charge in [-0.1, -0.05) is 12.1 Å². The minimum absolute atomic E-state index is 0.717. The lowest BCUT2D eigenvalue weighted by molar-refractivity contribution is 0.206. The molecule has 0 bridgehead atoms. The minimum atomic E-state index is 0.717. The van der Waals surface area contributed by atoms with Gasteiger partial charge >= 0.3 is 0 Å². The molecule has 2 aromatic rings. The molecule has 0 saturated carbocycles. The van der Waals surface area contributed by atoms with Crippen molar-refractivity contribution in [2.24, 2.45) is 0 Å². The van der Waals surface area contributed by atoms with E-state index >= 15 is 0 Å². The fourth-order valence-corrected chi connectivity index (χ4v) is 4.00. The van der Waals surface area contributed by atoms with Gasteiger partial charge in [0.1, 0.15) is 0 Å². The van der Waals surface area contributed by atoms with Gasteiger partial charge in [0.2, 0.25) is 0 Å². The summed E-state index contributed by atoms with van der Waals surface area (Å²) in [5, 5.41) is 4.95. The summed E-state index contributed by atoms with van der Waals surface area (Å²) >= 11 is 0. The predicted molar refractivity (Wildman–Crippen MR) is 86.2 cm³/mol. The molecule has 1 aromatic heterocycles. The highest BCUT2D eigenvalue weighted by molar-refractivity contribution is 5.78. The highest BCUT2D eigenvalue weighted by Gasteiger charge is 2.32. The molecule has 2 aliphatic heterocycles. The Kier molecular flexibility index (Phi) is 3.62. The quantitative estimate of drug-likeness (QED) is 0.937. The molecule has 4 rings (SSSR count). The van der Waals surface area contributed by atoms with Gasteiger partial charge in [0.05, 0.1) is 5.52 Å². The molecule has 0 radical (unpaired) electrons. The number of aromatic nitrogens is 1. The van der Waals surface area contributed by atoms with Crippen LogP contribution in [0.5, 0.6) is 0 Å². The van der Waals surface area contributed by atoms with Crippen LogP contribution in [0.4, 0.5) is 0 Å². The molecule has 1 aromatic carbocycles. The van der Waals surface area contributed by atoms with Crippen LogP contribution in [0.15, 0.2) is 36.5 Å². The lowest BCUT2D eigenvalue weighted by atomic mass is 10.0. The first-order valence-electron chi connectivity index (χ1n) is 8.21. The van der Waals surface area contributed by atoms with Gasteiger partial charge in [0.25, 0.3) is 0 Å². The maximum Gasteiger partial charge on any atom is 0.0702 e. The summed E-state index contributed by atoms with van der Waals surface area (Å²) in [5.74, 6) is 0. The van der Waals surface area contributed by atoms with Gasteiger partial charge < -0.3 is 5.32 Å². The molecule has 0 spiro atoms. The molecule has 2 unspecified atom stereocenters. The number of pyridine rings is 1. The van der Waals surface area contributed by atoms with Crippen LogP contribution in [0.1, 0.15) is 31.2 Å². The summed E-state index contributed by atoms with van der Waals surface area (Å²) in [5.41, 5.74) is 2.51. The molecule has 2 saturated heterocycles. The third-order valence-corrected chi connectivity index (χ3v) is 5.03. The van der Waals surface area contributed by atoms with E-state index in [0.717, 1.165) is 24.1 Å². The SMILES string of the molecule is c1cnc2ccc(CN3CCCC3C3CCCN3)cc2c1. The Morgan fingerprint density at radius 1 is 1.19 bits per heavy atom. The molecule has 3 heteroatoms. The van der Waals surface area contributed by atoms with Gasteiger partial charge in [-0.25, -0.2) is 0 Å². The molecular weight excluding hydrogens is 258 g/mol. The van der Waals surface area contributed by atoms with Crippen molar-refractivity contribution in [2.45, 2.75) is 44.3 Å². The summed E-state index contributed by atoms with van der Waals surface area (Å²) in [6.45, 7) is 3.53. The van der Waals surface area contributed by atoms with Crippen LogP contribution < -0.4 is 5.32 Å². The van der Waals surface area contributed by atoms with Crippen LogP contribution in [0, 0.1) is 0 Å². The topological polar surface area (TPSA) is 28.2 Å². The van der Waals surface area contributed by atoms with Crippen LogP contribution in [-0.2, 0) is 6.54 Å². The van der Waals surface area contributed by atoms with Crippen LogP contribution in [0.2, 0.25) is 0 Å². The first kappa shape index (κ1) is 13.2. The third-order valence-electron chi connectivity index (χ3n) is 5.03. The number of hydrogen-bond acceptors (Lipinski definition) is 3. The Morgan fingerprint density at radius 2 is 2.19 bits per heavy atom. The second-order valence-corrected chi connectivity index (χ2v) is 6.41. The summed E-state index contributed by atoms with van der Waals surface area (Å²) < 4.78 is 0. The average molecular weight is 281 g/mol. The zero-order chi connectivity index (χ0) is 14.1. The Hall–Kier alpha value is -1.45. The fraction of sp³-hybridized carbons (Fsp3) is 0.500. The van der Waals surface area contributed by atoms with Crippen molar-refractivity contribution < 1.29 is 0 Å². The van der Waals surface area contributed by atoms with E-state index in [-0.39, 0.29) is 0 Å². The van der Waals surface area contributed by atoms with Gasteiger partial charge in [0, 0.05) is 30.2 Å². The van der Waals surface area contributed by atoms with E-state index in [1.807, 2.05) is 12.3 Å². The summed E-state index contributed by atoms with van der Waals surface area (Å²) in [6, 6.07) is 12.3. The van der Waals surface area contributed by atoms with E-state index in [2.05, 4.69) is 39.5 Å². The molecule has 1 N–H and O–H groups in total. The molecule has 0 amide bonds. The standard InChI is InChI=1S/C18H23N3/c1-4-15-12-14(7-8-16(15)19-9-1)13-21-11-3-6-18(21)17-5-2-10-20-17/h1,4,7-9,12,17-18,20H,2-3,5-6,10-11,13H2. The molecule has 2 fully saturated rings. The fourth-order valence-electron chi connectivity index (χ4n) is 4.00. The number of nitrogens with zero attached hydrogens (tertiary/aromatic N) is 2. The van der Waals surface area contributed by atoms with Crippen molar-refractivity contribution in [3.05, 3.63) is 42.1 Å². The minimum Gasteiger partial charge on any atom is -0.312 e. The third kappa shape index (κ3) is 2.68. The highest BCUT2D eigenvalue weighted by Crippen LogP contribution is 2.27. The average Bonchev–Trinajstić information content (AvgIpc) is 3.18. The van der Waals surface area contributed by atoms with Crippen molar-refractivity contribution >= 4 is 10.9 Å². The maximum absolute atomic E-state index is 4.41. The van der Waals surface area contributed by atoms with Crippen molar-refractivity contribution in [2.75, 3.05) is 13.1 Å². The summed E-state index contributed by atoms with van der Waals surface area (Å²) in [4.78, 5) is 7.09. The number of nitrogens with one attached hydrogen (secondary N) is 1. The Morgan fingerprint density at radius 3 is 3.10 bits per heavy atom. The zero-order valence-corrected chi connectivity index (χ0v) is 12.5. The van der Waals surface area contributed by atoms with Crippen LogP contribution >= 0.6 is 0 Å². The van der Waals surface area contributed by atoms with Crippen molar-refractivity contribution in [3.8, 4) is 0 Å². The highest BCUT2D eigenvalue weighted by atomic mass is 15.2. The first-order chi connectivity index (χ1) is 10.4. The van der Waals surface area contributed by atoms with E-state index in [4.69, 9.17) is 0 Å². The van der Waals surface area contributed by atoms with Crippen molar-refractivity contribution in [1.82, 2.24) is 15.2 Å². The number of rotatable bonds is 3. The van der Waals surface area contributed by atoms with Crippen molar-refractivity contribution in [3.63, 3.8) is 0 Å². The smallest absolute Gasteiger partial charge is 0.0702 e. The van der Waals surface area contributed by atoms with Crippen LogP contribution in [0.25, 0.3) is 10.9 Å². The molecular formula is C18H23N3. The zero-order valence-electron chi connectivity index (χ0n) is 12.5. The Balaban J connectivity index is 1.53. The monoisotopic (exact) mass is 281 g/mol. The molecule has 3 nitrogen and oxygen atoms in total. The van der Waals surface area contributed by atoms with Gasteiger partial charge in [-0.05, 0) is 62.5 Å². The van der Waals surface area contributed by atoms with E-state index in [1.165, 1.54) is 49.7 Å². The van der Waals surface area contributed by atoms with Gasteiger partial charge in [0.15, 0.2) is 0 Å². The van der Waals surface area contributed by atoms with E-state index in [1.54, 1.807) is 0 Å². The molecule has 110 valence electrons. The Labute approximate surface area is 126 Å². The molecule has 0 aliphatic carbocycles. The summed E-state index contributed by atoms with van der Waals surface area (Å²) in [7, 11) is 0. The molecule has 3 heterocycles. The Bertz CT molecular complexity index is 619. The molecule has 21 heavy (non-hydrogen) atoms. The first-order valence-corrected chi connectivity index (χ1v) is 8.21. The van der Waals surface area contributed by atoms with Crippen molar-refractivity contribution in [1.29, 1.82) is 0 Å². The lowest BCUT2D eigenvalue weighted by Crippen LogP contribution is -2.43. The maximum atomic E-state index is 4.41. The number of hydrogen-bond donors (Lipinski definition) is 1. The normalized spacial score (nSPS) is 26.7. The lowest BCUT2D eigenvalue weighted by Gasteiger charge is -2.29. The second kappa shape index (κ2) is 5.74. The number of benzene rings is 1. The second-order valence-electron chi connectivity index (χ2n) is 6.41. The number of fused-ring (bicyclic) bond motifs is 1. The summed E-state index contributed by atoms with van der Waals surface area (Å²) in [6.07, 6.45) is 7.26. The molecule has 2 atom stereocenters. The number of likely N-dealkylation sites (tertiary alicyclic amines) is 1.